The smallest absolute Gasteiger partial charge is 0.248 e. The third-order valence-electron chi connectivity index (χ3n) is 4.53. The lowest BCUT2D eigenvalue weighted by Crippen LogP contribution is -2.48. The molecule has 2 unspecified atom stereocenters. The van der Waals surface area contributed by atoms with Crippen LogP contribution in [0, 0.1) is 5.92 Å². The molecule has 100 valence electrons. The molecular weight excluding hydrogens is 236 g/mol. The summed E-state index contributed by atoms with van der Waals surface area (Å²) in [6, 6.07) is 3.50. The molecular formula is C16H20N2O. The highest BCUT2D eigenvalue weighted by molar-refractivity contribution is 5.49. The molecule has 0 aromatic carbocycles. The molecule has 2 aliphatic carbocycles. The summed E-state index contributed by atoms with van der Waals surface area (Å²) < 4.78 is 0. The Balaban J connectivity index is 2.24. The number of hydrogen-bond acceptors (Lipinski definition) is 2. The fourth-order valence-electron chi connectivity index (χ4n) is 3.67. The minimum atomic E-state index is -0.433. The van der Waals surface area contributed by atoms with Crippen molar-refractivity contribution in [2.45, 2.75) is 38.6 Å². The van der Waals surface area contributed by atoms with E-state index >= 15 is 0 Å². The van der Waals surface area contributed by atoms with Gasteiger partial charge in [-0.1, -0.05) is 24.6 Å². The first-order chi connectivity index (χ1) is 9.08. The molecule has 3 nitrogen and oxygen atoms in total. The van der Waals surface area contributed by atoms with Crippen molar-refractivity contribution in [3.05, 3.63) is 57.0 Å². The molecule has 2 aliphatic rings. The van der Waals surface area contributed by atoms with Gasteiger partial charge in [-0.25, -0.2) is 0 Å². The first-order valence-electron chi connectivity index (χ1n) is 6.96. The number of pyridine rings is 1. The number of fused-ring (bicyclic) bond motifs is 4. The molecule has 3 heteroatoms. The average molecular weight is 256 g/mol. The van der Waals surface area contributed by atoms with Crippen LogP contribution in [0.2, 0.25) is 0 Å². The number of rotatable bonds is 1. The Morgan fingerprint density at radius 1 is 1.53 bits per heavy atom. The second-order valence-electron chi connectivity index (χ2n) is 5.60. The highest BCUT2D eigenvalue weighted by Gasteiger charge is 2.44. The van der Waals surface area contributed by atoms with Gasteiger partial charge in [0.05, 0.1) is 5.54 Å². The third kappa shape index (κ3) is 1.72. The van der Waals surface area contributed by atoms with Gasteiger partial charge in [0, 0.05) is 17.7 Å². The van der Waals surface area contributed by atoms with Crippen LogP contribution in [0.3, 0.4) is 0 Å². The standard InChI is InChI=1S/C16H20N2O/c1-3-10-7-11-8-14-13(5-6-15(19)18-14)16(17,9-10)12(11)4-2/h4-7,11H,3,8-9,17H2,1-2H3,(H,18,19)/b12-4+. The van der Waals surface area contributed by atoms with Crippen LogP contribution in [0.25, 0.3) is 0 Å². The summed E-state index contributed by atoms with van der Waals surface area (Å²) in [5, 5.41) is 0. The van der Waals surface area contributed by atoms with Crippen molar-refractivity contribution < 1.29 is 0 Å². The van der Waals surface area contributed by atoms with Gasteiger partial charge in [0.1, 0.15) is 0 Å². The fraction of sp³-hybridized carbons (Fsp3) is 0.438. The second kappa shape index (κ2) is 4.20. The van der Waals surface area contributed by atoms with Crippen molar-refractivity contribution in [2.75, 3.05) is 0 Å². The molecule has 3 N–H and O–H groups in total. The molecule has 0 saturated carbocycles. The summed E-state index contributed by atoms with van der Waals surface area (Å²) in [5.41, 5.74) is 11.1. The maximum absolute atomic E-state index is 11.5. The van der Waals surface area contributed by atoms with E-state index in [0.717, 1.165) is 30.5 Å². The number of nitrogens with one attached hydrogen (secondary N) is 1. The number of H-pyrrole nitrogens is 1. The van der Waals surface area contributed by atoms with E-state index in [9.17, 15) is 4.79 Å². The SMILES string of the molecule is C/C=C1\C2C=C(CC)CC1(N)c1ccc(=O)[nH]c1C2. The summed E-state index contributed by atoms with van der Waals surface area (Å²) in [4.78, 5) is 14.5. The van der Waals surface area contributed by atoms with Gasteiger partial charge in [0.15, 0.2) is 0 Å². The molecule has 0 radical (unpaired) electrons. The van der Waals surface area contributed by atoms with Gasteiger partial charge in [-0.3, -0.25) is 4.79 Å². The molecule has 2 bridgehead atoms. The molecule has 3 rings (SSSR count). The van der Waals surface area contributed by atoms with Crippen LogP contribution in [0.4, 0.5) is 0 Å². The number of allylic oxidation sites excluding steroid dienone is 2. The molecule has 1 aromatic rings. The van der Waals surface area contributed by atoms with Crippen molar-refractivity contribution in [3.63, 3.8) is 0 Å². The molecule has 2 atom stereocenters. The first-order valence-corrected chi connectivity index (χ1v) is 6.96. The molecule has 1 heterocycles. The van der Waals surface area contributed by atoms with E-state index < -0.39 is 5.54 Å². The Labute approximate surface area is 113 Å². The van der Waals surface area contributed by atoms with Gasteiger partial charge in [-0.05, 0) is 43.4 Å². The molecule has 0 fully saturated rings. The van der Waals surface area contributed by atoms with E-state index in [1.807, 2.05) is 6.07 Å². The van der Waals surface area contributed by atoms with E-state index in [2.05, 4.69) is 31.0 Å². The zero-order chi connectivity index (χ0) is 13.6. The number of hydrogen-bond donors (Lipinski definition) is 2. The van der Waals surface area contributed by atoms with Crippen molar-refractivity contribution >= 4 is 0 Å². The number of nitrogens with two attached hydrogens (primary N) is 1. The van der Waals surface area contributed by atoms with Crippen LogP contribution < -0.4 is 11.3 Å². The highest BCUT2D eigenvalue weighted by Crippen LogP contribution is 2.48. The maximum atomic E-state index is 11.5. The van der Waals surface area contributed by atoms with Gasteiger partial charge in [0.25, 0.3) is 0 Å². The van der Waals surface area contributed by atoms with Crippen LogP contribution in [-0.4, -0.2) is 4.98 Å². The third-order valence-corrected chi connectivity index (χ3v) is 4.53. The zero-order valence-corrected chi connectivity index (χ0v) is 11.5. The first kappa shape index (κ1) is 12.4. The summed E-state index contributed by atoms with van der Waals surface area (Å²) in [7, 11) is 0. The van der Waals surface area contributed by atoms with E-state index in [1.165, 1.54) is 11.1 Å². The van der Waals surface area contributed by atoms with Crippen LogP contribution in [0.15, 0.2) is 40.2 Å². The quantitative estimate of drug-likeness (QED) is 0.758. The predicted molar refractivity (Wildman–Crippen MR) is 76.9 cm³/mol. The normalized spacial score (nSPS) is 31.0. The van der Waals surface area contributed by atoms with Crippen LogP contribution in [0.5, 0.6) is 0 Å². The lowest BCUT2D eigenvalue weighted by atomic mass is 9.63. The largest absolute Gasteiger partial charge is 0.326 e. The number of aromatic amines is 1. The van der Waals surface area contributed by atoms with E-state index in [1.54, 1.807) is 6.07 Å². The van der Waals surface area contributed by atoms with Gasteiger partial charge < -0.3 is 10.7 Å². The van der Waals surface area contributed by atoms with E-state index in [0.29, 0.717) is 5.92 Å². The lowest BCUT2D eigenvalue weighted by Gasteiger charge is -2.45. The van der Waals surface area contributed by atoms with Crippen LogP contribution in [-0.2, 0) is 12.0 Å². The molecule has 0 spiro atoms. The van der Waals surface area contributed by atoms with Gasteiger partial charge in [0.2, 0.25) is 5.56 Å². The summed E-state index contributed by atoms with van der Waals surface area (Å²) in [5.74, 6) is 0.337. The average Bonchev–Trinajstić information content (AvgIpc) is 2.37. The van der Waals surface area contributed by atoms with Gasteiger partial charge in [-0.2, -0.15) is 0 Å². The summed E-state index contributed by atoms with van der Waals surface area (Å²) in [6.07, 6.45) is 7.26. The minimum Gasteiger partial charge on any atom is -0.326 e. The molecule has 0 amide bonds. The second-order valence-corrected chi connectivity index (χ2v) is 5.60. The lowest BCUT2D eigenvalue weighted by molar-refractivity contribution is 0.405. The molecule has 19 heavy (non-hydrogen) atoms. The Hall–Kier alpha value is -1.61. The van der Waals surface area contributed by atoms with Crippen molar-refractivity contribution in [1.82, 2.24) is 4.98 Å². The Morgan fingerprint density at radius 3 is 3.00 bits per heavy atom. The van der Waals surface area contributed by atoms with Crippen LogP contribution >= 0.6 is 0 Å². The monoisotopic (exact) mass is 256 g/mol. The fourth-order valence-corrected chi connectivity index (χ4v) is 3.67. The molecule has 0 aliphatic heterocycles. The zero-order valence-electron chi connectivity index (χ0n) is 11.5. The predicted octanol–water partition coefficient (Wildman–Crippen LogP) is 2.39. The van der Waals surface area contributed by atoms with Crippen molar-refractivity contribution in [2.24, 2.45) is 11.7 Å². The Kier molecular flexibility index (Phi) is 2.75. The van der Waals surface area contributed by atoms with Crippen molar-refractivity contribution in [3.8, 4) is 0 Å². The summed E-state index contributed by atoms with van der Waals surface area (Å²) >= 11 is 0. The van der Waals surface area contributed by atoms with Crippen LogP contribution in [0.1, 0.15) is 37.9 Å². The molecule has 0 saturated heterocycles. The number of aromatic nitrogens is 1. The van der Waals surface area contributed by atoms with Gasteiger partial charge in [-0.15, -0.1) is 0 Å². The maximum Gasteiger partial charge on any atom is 0.248 e. The molecule has 1 aromatic heterocycles. The minimum absolute atomic E-state index is 0.0379. The van der Waals surface area contributed by atoms with Crippen molar-refractivity contribution in [1.29, 1.82) is 0 Å². The summed E-state index contributed by atoms with van der Waals surface area (Å²) in [6.45, 7) is 4.24. The Morgan fingerprint density at radius 2 is 2.32 bits per heavy atom. The highest BCUT2D eigenvalue weighted by atomic mass is 16.1. The van der Waals surface area contributed by atoms with Gasteiger partial charge >= 0.3 is 0 Å². The van der Waals surface area contributed by atoms with E-state index in [4.69, 9.17) is 5.73 Å². The van der Waals surface area contributed by atoms with E-state index in [-0.39, 0.29) is 5.56 Å². The topological polar surface area (TPSA) is 58.9 Å². The Bertz CT molecular complexity index is 638.